The molecule has 1 fully saturated rings. The fourth-order valence-corrected chi connectivity index (χ4v) is 4.29. The van der Waals surface area contributed by atoms with Crippen LogP contribution in [0.4, 0.5) is 0 Å². The van der Waals surface area contributed by atoms with Gasteiger partial charge in [-0.05, 0) is 35.0 Å². The van der Waals surface area contributed by atoms with Gasteiger partial charge < -0.3 is 4.74 Å². The maximum atomic E-state index is 12.6. The number of sulfonamides is 1. The largest absolute Gasteiger partial charge is 0.383 e. The molecule has 0 unspecified atom stereocenters. The standard InChI is InChI=1S/C13H20BrN3O3S/c1-20-8-7-16-3-2-4-17(6-5-16)21(18,19)13-9-12(14)10-15-11-13/h9-11H,2-8H2,1H3. The number of rotatable bonds is 5. The molecule has 1 aliphatic heterocycles. The fraction of sp³-hybridized carbons (Fsp3) is 0.615. The van der Waals surface area contributed by atoms with Crippen LogP contribution >= 0.6 is 15.9 Å². The Morgan fingerprint density at radius 3 is 2.81 bits per heavy atom. The van der Waals surface area contributed by atoms with E-state index in [0.29, 0.717) is 24.2 Å². The molecular weight excluding hydrogens is 358 g/mol. The molecule has 1 aromatic rings. The molecule has 6 nitrogen and oxygen atoms in total. The van der Waals surface area contributed by atoms with Gasteiger partial charge in [-0.25, -0.2) is 8.42 Å². The minimum absolute atomic E-state index is 0.238. The average Bonchev–Trinajstić information content (AvgIpc) is 2.71. The Hall–Kier alpha value is -0.540. The van der Waals surface area contributed by atoms with Gasteiger partial charge in [0.05, 0.1) is 6.61 Å². The second-order valence-corrected chi connectivity index (χ2v) is 7.78. The first kappa shape index (κ1) is 16.8. The van der Waals surface area contributed by atoms with E-state index in [2.05, 4.69) is 25.8 Å². The average molecular weight is 378 g/mol. The Balaban J connectivity index is 2.07. The number of nitrogens with zero attached hydrogens (tertiary/aromatic N) is 3. The molecule has 0 atom stereocenters. The lowest BCUT2D eigenvalue weighted by molar-refractivity contribution is 0.151. The van der Waals surface area contributed by atoms with Crippen LogP contribution in [0, 0.1) is 0 Å². The maximum Gasteiger partial charge on any atom is 0.244 e. The summed E-state index contributed by atoms with van der Waals surface area (Å²) in [5.41, 5.74) is 0. The molecule has 0 aromatic carbocycles. The van der Waals surface area contributed by atoms with Gasteiger partial charge in [0.2, 0.25) is 10.0 Å². The Morgan fingerprint density at radius 2 is 2.10 bits per heavy atom. The molecule has 118 valence electrons. The van der Waals surface area contributed by atoms with Gasteiger partial charge in [0.1, 0.15) is 4.90 Å². The molecule has 1 saturated heterocycles. The van der Waals surface area contributed by atoms with E-state index >= 15 is 0 Å². The summed E-state index contributed by atoms with van der Waals surface area (Å²) in [5.74, 6) is 0. The summed E-state index contributed by atoms with van der Waals surface area (Å²) >= 11 is 3.26. The van der Waals surface area contributed by atoms with Gasteiger partial charge in [-0.2, -0.15) is 4.31 Å². The van der Waals surface area contributed by atoms with Crippen LogP contribution in [0.2, 0.25) is 0 Å². The normalized spacial score (nSPS) is 18.6. The van der Waals surface area contributed by atoms with E-state index in [9.17, 15) is 8.42 Å². The van der Waals surface area contributed by atoms with Crippen LogP contribution < -0.4 is 0 Å². The zero-order chi connectivity index (χ0) is 15.3. The van der Waals surface area contributed by atoms with Crippen molar-refractivity contribution in [2.75, 3.05) is 46.4 Å². The third-order valence-corrected chi connectivity index (χ3v) is 5.77. The van der Waals surface area contributed by atoms with Gasteiger partial charge >= 0.3 is 0 Å². The predicted octanol–water partition coefficient (Wildman–Crippen LogP) is 1.19. The van der Waals surface area contributed by atoms with Crippen molar-refractivity contribution in [2.45, 2.75) is 11.3 Å². The molecule has 0 radical (unpaired) electrons. The first-order valence-electron chi connectivity index (χ1n) is 6.86. The molecule has 0 bridgehead atoms. The van der Waals surface area contributed by atoms with Gasteiger partial charge in [0.15, 0.2) is 0 Å². The summed E-state index contributed by atoms with van der Waals surface area (Å²) < 4.78 is 32.6. The predicted molar refractivity (Wildman–Crippen MR) is 83.6 cm³/mol. The zero-order valence-electron chi connectivity index (χ0n) is 12.0. The van der Waals surface area contributed by atoms with E-state index in [1.54, 1.807) is 23.7 Å². The summed E-state index contributed by atoms with van der Waals surface area (Å²) in [6.45, 7) is 4.16. The van der Waals surface area contributed by atoms with Crippen LogP contribution in [0.15, 0.2) is 27.8 Å². The molecule has 21 heavy (non-hydrogen) atoms. The first-order valence-corrected chi connectivity index (χ1v) is 9.09. The van der Waals surface area contributed by atoms with Crippen molar-refractivity contribution in [1.29, 1.82) is 0 Å². The van der Waals surface area contributed by atoms with Crippen molar-refractivity contribution in [3.8, 4) is 0 Å². The Bertz CT molecular complexity index is 568. The van der Waals surface area contributed by atoms with Crippen LogP contribution in [0.5, 0.6) is 0 Å². The number of hydrogen-bond acceptors (Lipinski definition) is 5. The summed E-state index contributed by atoms with van der Waals surface area (Å²) in [6, 6.07) is 1.59. The van der Waals surface area contributed by atoms with Crippen LogP contribution in [-0.2, 0) is 14.8 Å². The molecule has 8 heteroatoms. The number of methoxy groups -OCH3 is 1. The highest BCUT2D eigenvalue weighted by Gasteiger charge is 2.27. The third-order valence-electron chi connectivity index (χ3n) is 3.48. The quantitative estimate of drug-likeness (QED) is 0.770. The molecule has 2 rings (SSSR count). The minimum Gasteiger partial charge on any atom is -0.383 e. The molecule has 2 heterocycles. The van der Waals surface area contributed by atoms with E-state index in [1.807, 2.05) is 0 Å². The zero-order valence-corrected chi connectivity index (χ0v) is 14.4. The van der Waals surface area contributed by atoms with E-state index in [1.165, 1.54) is 6.20 Å². The summed E-state index contributed by atoms with van der Waals surface area (Å²) in [6.07, 6.45) is 3.80. The number of ether oxygens (including phenoxy) is 1. The van der Waals surface area contributed by atoms with Crippen molar-refractivity contribution in [2.24, 2.45) is 0 Å². The van der Waals surface area contributed by atoms with Crippen molar-refractivity contribution in [3.05, 3.63) is 22.9 Å². The summed E-state index contributed by atoms with van der Waals surface area (Å²) in [5, 5.41) is 0. The van der Waals surface area contributed by atoms with Gasteiger partial charge in [0, 0.05) is 50.2 Å². The smallest absolute Gasteiger partial charge is 0.244 e. The van der Waals surface area contributed by atoms with E-state index in [0.717, 1.165) is 26.1 Å². The van der Waals surface area contributed by atoms with Gasteiger partial charge in [0.25, 0.3) is 0 Å². The number of halogens is 1. The topological polar surface area (TPSA) is 62.7 Å². The number of pyridine rings is 1. The van der Waals surface area contributed by atoms with E-state index in [-0.39, 0.29) is 4.90 Å². The van der Waals surface area contributed by atoms with Crippen molar-refractivity contribution >= 4 is 26.0 Å². The second kappa shape index (κ2) is 7.64. The van der Waals surface area contributed by atoms with E-state index < -0.39 is 10.0 Å². The number of hydrogen-bond donors (Lipinski definition) is 0. The molecule has 0 N–H and O–H groups in total. The van der Waals surface area contributed by atoms with Gasteiger partial charge in [-0.15, -0.1) is 0 Å². The fourth-order valence-electron chi connectivity index (χ4n) is 2.31. The molecule has 0 spiro atoms. The van der Waals surface area contributed by atoms with Crippen molar-refractivity contribution in [3.63, 3.8) is 0 Å². The monoisotopic (exact) mass is 377 g/mol. The van der Waals surface area contributed by atoms with Gasteiger partial charge in [-0.1, -0.05) is 0 Å². The lowest BCUT2D eigenvalue weighted by Crippen LogP contribution is -2.36. The van der Waals surface area contributed by atoms with E-state index in [4.69, 9.17) is 4.74 Å². The van der Waals surface area contributed by atoms with Crippen molar-refractivity contribution in [1.82, 2.24) is 14.2 Å². The Morgan fingerprint density at radius 1 is 1.29 bits per heavy atom. The first-order chi connectivity index (χ1) is 10.0. The third kappa shape index (κ3) is 4.46. The van der Waals surface area contributed by atoms with Crippen LogP contribution in [-0.4, -0.2) is 69.0 Å². The summed E-state index contributed by atoms with van der Waals surface area (Å²) in [7, 11) is -1.79. The highest BCUT2D eigenvalue weighted by atomic mass is 79.9. The highest BCUT2D eigenvalue weighted by molar-refractivity contribution is 9.10. The van der Waals surface area contributed by atoms with Crippen LogP contribution in [0.3, 0.4) is 0 Å². The summed E-state index contributed by atoms with van der Waals surface area (Å²) in [4.78, 5) is 6.42. The Kier molecular flexibility index (Phi) is 6.12. The molecular formula is C13H20BrN3O3S. The molecule has 0 aliphatic carbocycles. The van der Waals surface area contributed by atoms with Crippen LogP contribution in [0.1, 0.15) is 6.42 Å². The van der Waals surface area contributed by atoms with Crippen LogP contribution in [0.25, 0.3) is 0 Å². The van der Waals surface area contributed by atoms with Crippen molar-refractivity contribution < 1.29 is 13.2 Å². The Labute approximate surface area is 134 Å². The lowest BCUT2D eigenvalue weighted by Gasteiger charge is -2.21. The minimum atomic E-state index is -3.47. The lowest BCUT2D eigenvalue weighted by atomic mass is 10.4. The maximum absolute atomic E-state index is 12.6. The molecule has 1 aliphatic rings. The SMILES string of the molecule is COCCN1CCCN(S(=O)(=O)c2cncc(Br)c2)CC1. The molecule has 0 saturated carbocycles. The number of aromatic nitrogens is 1. The van der Waals surface area contributed by atoms with Gasteiger partial charge in [-0.3, -0.25) is 9.88 Å². The highest BCUT2D eigenvalue weighted by Crippen LogP contribution is 2.20. The molecule has 0 amide bonds. The molecule has 1 aromatic heterocycles. The second-order valence-electron chi connectivity index (χ2n) is 4.93.